The summed E-state index contributed by atoms with van der Waals surface area (Å²) < 4.78 is 5.00. The van der Waals surface area contributed by atoms with Crippen molar-refractivity contribution in [2.24, 2.45) is 23.0 Å². The third-order valence-corrected chi connectivity index (χ3v) is 2.79. The molecule has 0 amide bonds. The average Bonchev–Trinajstić information content (AvgIpc) is 2.22. The number of carbonyl (C=O) groups is 2. The van der Waals surface area contributed by atoms with E-state index in [0.717, 1.165) is 6.42 Å². The van der Waals surface area contributed by atoms with Crippen LogP contribution in [0.15, 0.2) is 0 Å². The first-order valence-electron chi connectivity index (χ1n) is 6.55. The van der Waals surface area contributed by atoms with E-state index in [-0.39, 0.29) is 36.7 Å². The monoisotopic (exact) mass is 293 g/mol. The molecule has 4 nitrogen and oxygen atoms in total. The molecule has 0 saturated carbocycles. The van der Waals surface area contributed by atoms with Crippen LogP contribution in [0.25, 0.3) is 0 Å². The molecular weight excluding hydrogens is 266 g/mol. The molecule has 0 fully saturated rings. The first-order chi connectivity index (χ1) is 8.16. The van der Waals surface area contributed by atoms with Gasteiger partial charge < -0.3 is 10.5 Å². The maximum absolute atomic E-state index is 11.6. The molecule has 0 aromatic carbocycles. The molecule has 0 aromatic rings. The summed E-state index contributed by atoms with van der Waals surface area (Å²) in [7, 11) is 0. The van der Waals surface area contributed by atoms with Crippen LogP contribution in [0.4, 0.5) is 0 Å². The molecule has 0 saturated heterocycles. The van der Waals surface area contributed by atoms with Crippen molar-refractivity contribution in [3.8, 4) is 0 Å². The number of carbonyl (C=O) groups excluding carboxylic acids is 2. The van der Waals surface area contributed by atoms with E-state index in [4.69, 9.17) is 10.5 Å². The van der Waals surface area contributed by atoms with Gasteiger partial charge in [-0.15, -0.1) is 12.4 Å². The van der Waals surface area contributed by atoms with Gasteiger partial charge in [0.05, 0.1) is 0 Å². The summed E-state index contributed by atoms with van der Waals surface area (Å²) in [6.45, 7) is 9.95. The second-order valence-corrected chi connectivity index (χ2v) is 6.27. The quantitative estimate of drug-likeness (QED) is 0.733. The van der Waals surface area contributed by atoms with E-state index in [9.17, 15) is 9.59 Å². The molecule has 0 aliphatic carbocycles. The van der Waals surface area contributed by atoms with Gasteiger partial charge in [0.1, 0.15) is 0 Å². The summed E-state index contributed by atoms with van der Waals surface area (Å²) in [5.41, 5.74) is 5.15. The lowest BCUT2D eigenvalue weighted by atomic mass is 9.91. The van der Waals surface area contributed by atoms with E-state index in [1.165, 1.54) is 0 Å². The van der Waals surface area contributed by atoms with Crippen LogP contribution in [0, 0.1) is 17.3 Å². The van der Waals surface area contributed by atoms with Crippen molar-refractivity contribution in [1.29, 1.82) is 0 Å². The highest BCUT2D eigenvalue weighted by Crippen LogP contribution is 2.17. The summed E-state index contributed by atoms with van der Waals surface area (Å²) in [6, 6.07) is 0. The highest BCUT2D eigenvalue weighted by Gasteiger charge is 2.23. The molecule has 0 heterocycles. The summed E-state index contributed by atoms with van der Waals surface area (Å²) in [6.07, 6.45) is 1.20. The van der Waals surface area contributed by atoms with Crippen LogP contribution in [0.1, 0.15) is 47.5 Å². The lowest BCUT2D eigenvalue weighted by Gasteiger charge is -2.18. The van der Waals surface area contributed by atoms with E-state index in [0.29, 0.717) is 18.9 Å². The van der Waals surface area contributed by atoms with Crippen LogP contribution < -0.4 is 5.73 Å². The van der Waals surface area contributed by atoms with Crippen molar-refractivity contribution in [1.82, 2.24) is 0 Å². The second kappa shape index (κ2) is 9.32. The number of hydrogen-bond acceptors (Lipinski definition) is 4. The minimum Gasteiger partial charge on any atom is -0.458 e. The molecule has 0 rings (SSSR count). The molecule has 1 atom stereocenters. The van der Waals surface area contributed by atoms with Crippen molar-refractivity contribution >= 4 is 24.2 Å². The van der Waals surface area contributed by atoms with Crippen LogP contribution in [-0.4, -0.2) is 24.9 Å². The molecule has 0 aliphatic rings. The smallest absolute Gasteiger partial charge is 0.306 e. The fourth-order valence-electron chi connectivity index (χ4n) is 1.59. The molecule has 0 bridgehead atoms. The molecule has 0 aliphatic heterocycles. The van der Waals surface area contributed by atoms with Gasteiger partial charge in [-0.2, -0.15) is 0 Å². The van der Waals surface area contributed by atoms with E-state index >= 15 is 0 Å². The van der Waals surface area contributed by atoms with Crippen LogP contribution in [-0.2, 0) is 14.3 Å². The Balaban J connectivity index is 0. The minimum absolute atomic E-state index is 0. The lowest BCUT2D eigenvalue weighted by Crippen LogP contribution is -2.28. The van der Waals surface area contributed by atoms with E-state index < -0.39 is 5.41 Å². The van der Waals surface area contributed by atoms with Crippen molar-refractivity contribution in [3.05, 3.63) is 0 Å². The zero-order valence-corrected chi connectivity index (χ0v) is 13.5. The van der Waals surface area contributed by atoms with Crippen LogP contribution in [0.5, 0.6) is 0 Å². The standard InChI is InChI=1S/C14H27NO3.ClH/c1-10(2)6-11(8-15)7-13(17)18-9-12(16)14(3,4)5;/h10-11H,6-9,15H2,1-5H3;1H/t11-;/m0./s1. The molecule has 0 spiro atoms. The fourth-order valence-corrected chi connectivity index (χ4v) is 1.59. The fraction of sp³-hybridized carbons (Fsp3) is 0.857. The van der Waals surface area contributed by atoms with Crippen molar-refractivity contribution in [2.45, 2.75) is 47.5 Å². The Morgan fingerprint density at radius 3 is 2.11 bits per heavy atom. The van der Waals surface area contributed by atoms with Crippen LogP contribution >= 0.6 is 12.4 Å². The third kappa shape index (κ3) is 9.91. The van der Waals surface area contributed by atoms with Gasteiger partial charge in [-0.3, -0.25) is 9.59 Å². The van der Waals surface area contributed by atoms with Crippen molar-refractivity contribution in [2.75, 3.05) is 13.2 Å². The second-order valence-electron chi connectivity index (χ2n) is 6.27. The summed E-state index contributed by atoms with van der Waals surface area (Å²) in [5, 5.41) is 0. The zero-order valence-electron chi connectivity index (χ0n) is 12.7. The molecular formula is C14H28ClNO3. The highest BCUT2D eigenvalue weighted by molar-refractivity contribution is 5.86. The maximum atomic E-state index is 11.6. The number of ether oxygens (including phenoxy) is 1. The Morgan fingerprint density at radius 2 is 1.74 bits per heavy atom. The number of esters is 1. The maximum Gasteiger partial charge on any atom is 0.306 e. The summed E-state index contributed by atoms with van der Waals surface area (Å²) >= 11 is 0. The van der Waals surface area contributed by atoms with Gasteiger partial charge in [-0.1, -0.05) is 34.6 Å². The van der Waals surface area contributed by atoms with Gasteiger partial charge in [0.2, 0.25) is 0 Å². The van der Waals surface area contributed by atoms with E-state index in [1.807, 2.05) is 20.8 Å². The van der Waals surface area contributed by atoms with Gasteiger partial charge >= 0.3 is 5.97 Å². The zero-order chi connectivity index (χ0) is 14.3. The molecule has 114 valence electrons. The van der Waals surface area contributed by atoms with Crippen LogP contribution in [0.3, 0.4) is 0 Å². The number of hydrogen-bond donors (Lipinski definition) is 1. The topological polar surface area (TPSA) is 69.4 Å². The average molecular weight is 294 g/mol. The van der Waals surface area contributed by atoms with Gasteiger partial charge in [0, 0.05) is 11.8 Å². The number of Topliss-reactive ketones (excluding diaryl/α,β-unsaturated/α-hetero) is 1. The summed E-state index contributed by atoms with van der Waals surface area (Å²) in [5.74, 6) is 0.248. The van der Waals surface area contributed by atoms with Gasteiger partial charge in [0.25, 0.3) is 0 Å². The molecule has 2 N–H and O–H groups in total. The Bertz CT molecular complexity index is 285. The molecule has 19 heavy (non-hydrogen) atoms. The largest absolute Gasteiger partial charge is 0.458 e. The van der Waals surface area contributed by atoms with Gasteiger partial charge in [0.15, 0.2) is 12.4 Å². The normalized spacial score (nSPS) is 12.8. The van der Waals surface area contributed by atoms with Gasteiger partial charge in [-0.05, 0) is 24.8 Å². The minimum atomic E-state index is -0.467. The van der Waals surface area contributed by atoms with Crippen LogP contribution in [0.2, 0.25) is 0 Å². The highest BCUT2D eigenvalue weighted by atomic mass is 35.5. The SMILES string of the molecule is CC(C)C[C@H](CN)CC(=O)OCC(=O)C(C)(C)C.Cl. The van der Waals surface area contributed by atoms with E-state index in [2.05, 4.69) is 13.8 Å². The Labute approximate surface area is 122 Å². The first-order valence-corrected chi connectivity index (χ1v) is 6.55. The number of rotatable bonds is 7. The molecule has 0 radical (unpaired) electrons. The molecule has 0 aromatic heterocycles. The molecule has 0 unspecified atom stereocenters. The predicted molar refractivity (Wildman–Crippen MR) is 79.3 cm³/mol. The van der Waals surface area contributed by atoms with Crippen molar-refractivity contribution in [3.63, 3.8) is 0 Å². The third-order valence-electron chi connectivity index (χ3n) is 2.79. The number of halogens is 1. The lowest BCUT2D eigenvalue weighted by molar-refractivity contribution is -0.151. The van der Waals surface area contributed by atoms with Crippen molar-refractivity contribution < 1.29 is 14.3 Å². The Kier molecular flexibility index (Phi) is 10.2. The number of nitrogens with two attached hydrogens (primary N) is 1. The summed E-state index contributed by atoms with van der Waals surface area (Å²) in [4.78, 5) is 23.2. The molecule has 5 heteroatoms. The predicted octanol–water partition coefficient (Wildman–Crippen LogP) is 2.58. The number of ketones is 1. The Morgan fingerprint density at radius 1 is 1.21 bits per heavy atom. The first kappa shape index (κ1) is 20.7. The Hall–Kier alpha value is -0.610. The van der Waals surface area contributed by atoms with Gasteiger partial charge in [-0.25, -0.2) is 0 Å². The van der Waals surface area contributed by atoms with E-state index in [1.54, 1.807) is 0 Å².